The van der Waals surface area contributed by atoms with E-state index in [9.17, 15) is 4.79 Å². The highest BCUT2D eigenvalue weighted by molar-refractivity contribution is 7.14. The Morgan fingerprint density at radius 3 is 2.71 bits per heavy atom. The fourth-order valence-corrected chi connectivity index (χ4v) is 3.48. The number of aromatic nitrogens is 2. The quantitative estimate of drug-likeness (QED) is 0.670. The van der Waals surface area contributed by atoms with E-state index in [4.69, 9.17) is 0 Å². The van der Waals surface area contributed by atoms with Crippen molar-refractivity contribution in [1.82, 2.24) is 9.97 Å². The number of amides is 1. The molecule has 0 spiro atoms. The minimum atomic E-state index is -0.172. The number of hydrogen-bond donors (Lipinski definition) is 2. The van der Waals surface area contributed by atoms with Gasteiger partial charge in [0.1, 0.15) is 0 Å². The van der Waals surface area contributed by atoms with Gasteiger partial charge in [0.25, 0.3) is 0 Å². The summed E-state index contributed by atoms with van der Waals surface area (Å²) in [5.41, 5.74) is 2.85. The van der Waals surface area contributed by atoms with Crippen molar-refractivity contribution < 1.29 is 4.79 Å². The van der Waals surface area contributed by atoms with Gasteiger partial charge < -0.3 is 10.3 Å². The molecule has 0 saturated heterocycles. The molecule has 0 aliphatic carbocycles. The Morgan fingerprint density at radius 2 is 2.04 bits per heavy atom. The number of H-pyrrole nitrogens is 1. The van der Waals surface area contributed by atoms with E-state index < -0.39 is 0 Å². The fourth-order valence-electron chi connectivity index (χ4n) is 2.76. The topological polar surface area (TPSA) is 57.8 Å². The van der Waals surface area contributed by atoms with Crippen molar-refractivity contribution in [2.24, 2.45) is 5.92 Å². The molecule has 2 unspecified atom stereocenters. The first kappa shape index (κ1) is 16.5. The second-order valence-corrected chi connectivity index (χ2v) is 6.74. The SMILES string of the molecule is CCC(C)C(C(=O)Nc1nc(-c2ccc[nH]2)cs1)c1ccccc1. The van der Waals surface area contributed by atoms with Gasteiger partial charge in [-0.05, 0) is 23.6 Å². The second-order valence-electron chi connectivity index (χ2n) is 5.88. The summed E-state index contributed by atoms with van der Waals surface area (Å²) in [6.45, 7) is 4.23. The van der Waals surface area contributed by atoms with Gasteiger partial charge in [0.05, 0.1) is 17.3 Å². The summed E-state index contributed by atoms with van der Waals surface area (Å²) in [4.78, 5) is 20.5. The number of benzene rings is 1. The lowest BCUT2D eigenvalue weighted by Crippen LogP contribution is -2.26. The zero-order chi connectivity index (χ0) is 16.9. The Morgan fingerprint density at radius 1 is 1.25 bits per heavy atom. The van der Waals surface area contributed by atoms with Gasteiger partial charge >= 0.3 is 0 Å². The Bertz CT molecular complexity index is 780. The van der Waals surface area contributed by atoms with Gasteiger partial charge in [0, 0.05) is 11.6 Å². The molecule has 3 rings (SSSR count). The maximum Gasteiger partial charge on any atom is 0.233 e. The molecule has 0 aliphatic rings. The minimum Gasteiger partial charge on any atom is -0.360 e. The molecule has 0 radical (unpaired) electrons. The zero-order valence-corrected chi connectivity index (χ0v) is 14.6. The monoisotopic (exact) mass is 339 g/mol. The number of hydrogen-bond acceptors (Lipinski definition) is 3. The molecular weight excluding hydrogens is 318 g/mol. The van der Waals surface area contributed by atoms with Crippen LogP contribution >= 0.6 is 11.3 Å². The van der Waals surface area contributed by atoms with Gasteiger partial charge in [-0.3, -0.25) is 4.79 Å². The van der Waals surface area contributed by atoms with Crippen LogP contribution in [0.5, 0.6) is 0 Å². The standard InChI is InChI=1S/C19H21N3OS/c1-3-13(2)17(14-8-5-4-6-9-14)18(23)22-19-21-16(12-24-19)15-10-7-11-20-15/h4-13,17,20H,3H2,1-2H3,(H,21,22,23). The molecule has 124 valence electrons. The number of nitrogens with one attached hydrogen (secondary N) is 2. The van der Waals surface area contributed by atoms with Crippen LogP contribution in [0, 0.1) is 5.92 Å². The summed E-state index contributed by atoms with van der Waals surface area (Å²) in [7, 11) is 0. The maximum absolute atomic E-state index is 12.9. The van der Waals surface area contributed by atoms with Gasteiger partial charge in [0.2, 0.25) is 5.91 Å². The van der Waals surface area contributed by atoms with Gasteiger partial charge in [0.15, 0.2) is 5.13 Å². The third-order valence-corrected chi connectivity index (χ3v) is 5.02. The summed E-state index contributed by atoms with van der Waals surface area (Å²) >= 11 is 1.44. The van der Waals surface area contributed by atoms with Gasteiger partial charge in [-0.15, -0.1) is 11.3 Å². The number of anilines is 1. The fraction of sp³-hybridized carbons (Fsp3) is 0.263. The van der Waals surface area contributed by atoms with Crippen molar-refractivity contribution in [2.75, 3.05) is 5.32 Å². The van der Waals surface area contributed by atoms with Crippen LogP contribution in [0.2, 0.25) is 0 Å². The maximum atomic E-state index is 12.9. The van der Waals surface area contributed by atoms with Crippen LogP contribution in [0.15, 0.2) is 54.0 Å². The van der Waals surface area contributed by atoms with Crippen LogP contribution in [0.4, 0.5) is 5.13 Å². The lowest BCUT2D eigenvalue weighted by atomic mass is 9.85. The van der Waals surface area contributed by atoms with E-state index in [1.165, 1.54) is 11.3 Å². The molecule has 0 saturated carbocycles. The van der Waals surface area contributed by atoms with E-state index in [1.807, 2.05) is 54.0 Å². The van der Waals surface area contributed by atoms with Gasteiger partial charge in [-0.25, -0.2) is 4.98 Å². The van der Waals surface area contributed by atoms with Crippen LogP contribution in [0.3, 0.4) is 0 Å². The van der Waals surface area contributed by atoms with Crippen LogP contribution in [0.1, 0.15) is 31.7 Å². The zero-order valence-electron chi connectivity index (χ0n) is 13.8. The van der Waals surface area contributed by atoms with Crippen molar-refractivity contribution in [3.8, 4) is 11.4 Å². The van der Waals surface area contributed by atoms with Crippen molar-refractivity contribution in [1.29, 1.82) is 0 Å². The summed E-state index contributed by atoms with van der Waals surface area (Å²) in [5.74, 6) is 0.0900. The Kier molecular flexibility index (Phi) is 5.11. The van der Waals surface area contributed by atoms with E-state index in [0.717, 1.165) is 23.4 Å². The van der Waals surface area contributed by atoms with Crippen LogP contribution in [-0.4, -0.2) is 15.9 Å². The van der Waals surface area contributed by atoms with E-state index >= 15 is 0 Å². The number of carbonyl (C=O) groups excluding carboxylic acids is 1. The highest BCUT2D eigenvalue weighted by atomic mass is 32.1. The average molecular weight is 339 g/mol. The summed E-state index contributed by atoms with van der Waals surface area (Å²) in [6, 6.07) is 13.9. The highest BCUT2D eigenvalue weighted by Gasteiger charge is 2.26. The molecule has 1 amide bonds. The van der Waals surface area contributed by atoms with E-state index in [1.54, 1.807) is 0 Å². The first-order chi connectivity index (χ1) is 11.7. The van der Waals surface area contributed by atoms with Crippen LogP contribution in [0.25, 0.3) is 11.4 Å². The summed E-state index contributed by atoms with van der Waals surface area (Å²) in [5, 5.41) is 5.57. The molecule has 0 fully saturated rings. The van der Waals surface area contributed by atoms with Gasteiger partial charge in [-0.2, -0.15) is 0 Å². The summed E-state index contributed by atoms with van der Waals surface area (Å²) < 4.78 is 0. The Balaban J connectivity index is 1.79. The second kappa shape index (κ2) is 7.45. The molecule has 5 heteroatoms. The van der Waals surface area contributed by atoms with E-state index in [0.29, 0.717) is 5.13 Å². The lowest BCUT2D eigenvalue weighted by molar-refractivity contribution is -0.118. The number of nitrogens with zero attached hydrogens (tertiary/aromatic N) is 1. The largest absolute Gasteiger partial charge is 0.360 e. The highest BCUT2D eigenvalue weighted by Crippen LogP contribution is 2.30. The molecule has 4 nitrogen and oxygen atoms in total. The molecule has 0 bridgehead atoms. The molecular formula is C19H21N3OS. The average Bonchev–Trinajstić information content (AvgIpc) is 3.27. The Labute approximate surface area is 146 Å². The van der Waals surface area contributed by atoms with E-state index in [2.05, 4.69) is 29.1 Å². The summed E-state index contributed by atoms with van der Waals surface area (Å²) in [6.07, 6.45) is 2.81. The third-order valence-electron chi connectivity index (χ3n) is 4.26. The van der Waals surface area contributed by atoms with Crippen molar-refractivity contribution in [3.63, 3.8) is 0 Å². The predicted octanol–water partition coefficient (Wildman–Crippen LogP) is 4.91. The number of thiazole rings is 1. The third kappa shape index (κ3) is 3.57. The smallest absolute Gasteiger partial charge is 0.233 e. The van der Waals surface area contributed by atoms with Gasteiger partial charge in [-0.1, -0.05) is 50.6 Å². The Hall–Kier alpha value is -2.40. The molecule has 1 aromatic carbocycles. The molecule has 2 heterocycles. The van der Waals surface area contributed by atoms with Crippen molar-refractivity contribution in [3.05, 3.63) is 59.6 Å². The number of aromatic amines is 1. The van der Waals surface area contributed by atoms with Crippen molar-refractivity contribution >= 4 is 22.4 Å². The molecule has 2 aromatic heterocycles. The lowest BCUT2D eigenvalue weighted by Gasteiger charge is -2.22. The molecule has 3 aromatic rings. The number of rotatable bonds is 6. The normalized spacial score (nSPS) is 13.4. The van der Waals surface area contributed by atoms with Crippen LogP contribution in [-0.2, 0) is 4.79 Å². The minimum absolute atomic E-state index is 0.00272. The van der Waals surface area contributed by atoms with Crippen molar-refractivity contribution in [2.45, 2.75) is 26.2 Å². The number of carbonyl (C=O) groups is 1. The molecule has 2 atom stereocenters. The first-order valence-corrected chi connectivity index (χ1v) is 9.02. The predicted molar refractivity (Wildman–Crippen MR) is 99.2 cm³/mol. The first-order valence-electron chi connectivity index (χ1n) is 8.14. The molecule has 24 heavy (non-hydrogen) atoms. The van der Waals surface area contributed by atoms with E-state index in [-0.39, 0.29) is 17.7 Å². The molecule has 2 N–H and O–H groups in total. The molecule has 0 aliphatic heterocycles. The van der Waals surface area contributed by atoms with Crippen LogP contribution < -0.4 is 5.32 Å².